The molecule has 1 N–H and O–H groups in total. The maximum Gasteiger partial charge on any atom is 0.307 e. The number of carbonyl (C=O) groups excluding carboxylic acids is 2. The second kappa shape index (κ2) is 7.48. The third-order valence-electron chi connectivity index (χ3n) is 5.88. The maximum absolute atomic E-state index is 12.6. The van der Waals surface area contributed by atoms with E-state index in [0.29, 0.717) is 19.6 Å². The Balaban J connectivity index is 1.49. The standard InChI is InChI=1S/C20H26N2O4/c1-15(23)22(10-7-16-5-3-2-4-6-16)14-18(24)21-11-8-20(9-12-21)13-17(20)19(25)26/h2-6,17H,7-14H2,1H3,(H,25,26). The highest BCUT2D eigenvalue weighted by molar-refractivity contribution is 5.84. The molecule has 1 aromatic rings. The number of rotatable bonds is 6. The van der Waals surface area contributed by atoms with Gasteiger partial charge in [-0.2, -0.15) is 0 Å². The van der Waals surface area contributed by atoms with E-state index in [1.165, 1.54) is 6.92 Å². The van der Waals surface area contributed by atoms with Crippen molar-refractivity contribution in [1.29, 1.82) is 0 Å². The van der Waals surface area contributed by atoms with Crippen LogP contribution in [0.2, 0.25) is 0 Å². The largest absolute Gasteiger partial charge is 0.481 e. The van der Waals surface area contributed by atoms with Gasteiger partial charge in [0.1, 0.15) is 0 Å². The number of piperidine rings is 1. The first-order valence-electron chi connectivity index (χ1n) is 9.21. The number of aliphatic carboxylic acids is 1. The summed E-state index contributed by atoms with van der Waals surface area (Å²) in [5, 5.41) is 9.15. The Morgan fingerprint density at radius 3 is 2.38 bits per heavy atom. The normalized spacial score (nSPS) is 20.7. The summed E-state index contributed by atoms with van der Waals surface area (Å²) >= 11 is 0. The molecule has 1 unspecified atom stereocenters. The fraction of sp³-hybridized carbons (Fsp3) is 0.550. The predicted octanol–water partition coefficient (Wildman–Crippen LogP) is 1.79. The minimum atomic E-state index is -0.714. The van der Waals surface area contributed by atoms with Crippen molar-refractivity contribution in [2.75, 3.05) is 26.2 Å². The van der Waals surface area contributed by atoms with Crippen molar-refractivity contribution in [3.8, 4) is 0 Å². The van der Waals surface area contributed by atoms with Gasteiger partial charge in [-0.25, -0.2) is 0 Å². The van der Waals surface area contributed by atoms with Gasteiger partial charge in [0, 0.05) is 26.6 Å². The molecule has 1 aromatic carbocycles. The monoisotopic (exact) mass is 358 g/mol. The number of benzene rings is 1. The molecule has 2 amide bonds. The van der Waals surface area contributed by atoms with Crippen LogP contribution in [-0.2, 0) is 20.8 Å². The summed E-state index contributed by atoms with van der Waals surface area (Å²) in [6.07, 6.45) is 2.96. The van der Waals surface area contributed by atoms with Crippen LogP contribution in [0.15, 0.2) is 30.3 Å². The number of carbonyl (C=O) groups is 3. The highest BCUT2D eigenvalue weighted by Gasteiger charge is 2.59. The Bertz CT molecular complexity index is 680. The average Bonchev–Trinajstić information content (AvgIpc) is 3.33. The second-order valence-corrected chi connectivity index (χ2v) is 7.51. The zero-order valence-electron chi connectivity index (χ0n) is 15.2. The van der Waals surface area contributed by atoms with Crippen LogP contribution >= 0.6 is 0 Å². The van der Waals surface area contributed by atoms with Crippen molar-refractivity contribution >= 4 is 17.8 Å². The summed E-state index contributed by atoms with van der Waals surface area (Å²) in [4.78, 5) is 39.0. The fourth-order valence-corrected chi connectivity index (χ4v) is 3.97. The van der Waals surface area contributed by atoms with Gasteiger partial charge >= 0.3 is 5.97 Å². The van der Waals surface area contributed by atoms with E-state index < -0.39 is 5.97 Å². The Morgan fingerprint density at radius 2 is 1.85 bits per heavy atom. The topological polar surface area (TPSA) is 77.9 Å². The first-order valence-corrected chi connectivity index (χ1v) is 9.21. The summed E-state index contributed by atoms with van der Waals surface area (Å²) in [5.41, 5.74) is 1.05. The van der Waals surface area contributed by atoms with Gasteiger partial charge in [0.05, 0.1) is 12.5 Å². The molecule has 6 nitrogen and oxygen atoms in total. The highest BCUT2D eigenvalue weighted by atomic mass is 16.4. The van der Waals surface area contributed by atoms with E-state index in [9.17, 15) is 14.4 Å². The van der Waals surface area contributed by atoms with E-state index in [0.717, 1.165) is 31.2 Å². The van der Waals surface area contributed by atoms with E-state index in [4.69, 9.17) is 5.11 Å². The number of hydrogen-bond acceptors (Lipinski definition) is 3. The number of amides is 2. The van der Waals surface area contributed by atoms with Gasteiger partial charge in [0.2, 0.25) is 11.8 Å². The summed E-state index contributed by atoms with van der Waals surface area (Å²) in [5.74, 6) is -1.10. The lowest BCUT2D eigenvalue weighted by Crippen LogP contribution is -2.46. The molecule has 26 heavy (non-hydrogen) atoms. The summed E-state index contributed by atoms with van der Waals surface area (Å²) in [6.45, 7) is 3.28. The van der Waals surface area contributed by atoms with Crippen LogP contribution in [-0.4, -0.2) is 58.9 Å². The summed E-state index contributed by atoms with van der Waals surface area (Å²) < 4.78 is 0. The molecule has 3 rings (SSSR count). The van der Waals surface area contributed by atoms with Gasteiger partial charge in [-0.3, -0.25) is 14.4 Å². The third-order valence-corrected chi connectivity index (χ3v) is 5.88. The van der Waals surface area contributed by atoms with Crippen LogP contribution in [0.3, 0.4) is 0 Å². The first kappa shape index (κ1) is 18.4. The zero-order valence-corrected chi connectivity index (χ0v) is 15.2. The van der Waals surface area contributed by atoms with Gasteiger partial charge < -0.3 is 14.9 Å². The average molecular weight is 358 g/mol. The molecule has 2 aliphatic rings. The summed E-state index contributed by atoms with van der Waals surface area (Å²) in [7, 11) is 0. The van der Waals surface area contributed by atoms with Crippen LogP contribution in [0, 0.1) is 11.3 Å². The van der Waals surface area contributed by atoms with Gasteiger partial charge in [0.15, 0.2) is 0 Å². The molecular formula is C20H26N2O4. The smallest absolute Gasteiger partial charge is 0.307 e. The molecule has 1 aliphatic heterocycles. The fourth-order valence-electron chi connectivity index (χ4n) is 3.97. The Kier molecular flexibility index (Phi) is 5.30. The lowest BCUT2D eigenvalue weighted by molar-refractivity contribution is -0.141. The molecular weight excluding hydrogens is 332 g/mol. The molecule has 1 saturated heterocycles. The summed E-state index contributed by atoms with van der Waals surface area (Å²) in [6, 6.07) is 9.90. The van der Waals surface area contributed by atoms with E-state index in [1.54, 1.807) is 9.80 Å². The minimum absolute atomic E-state index is 0.0457. The predicted molar refractivity (Wildman–Crippen MR) is 96.4 cm³/mol. The third kappa shape index (κ3) is 4.06. The number of carboxylic acids is 1. The number of nitrogens with zero attached hydrogens (tertiary/aromatic N) is 2. The highest BCUT2D eigenvalue weighted by Crippen LogP contribution is 2.59. The van der Waals surface area contributed by atoms with E-state index in [1.807, 2.05) is 30.3 Å². The number of likely N-dealkylation sites (tertiary alicyclic amines) is 1. The quantitative estimate of drug-likeness (QED) is 0.841. The Morgan fingerprint density at radius 1 is 1.19 bits per heavy atom. The van der Waals surface area contributed by atoms with Crippen molar-refractivity contribution in [3.63, 3.8) is 0 Å². The van der Waals surface area contributed by atoms with Crippen molar-refractivity contribution in [2.45, 2.75) is 32.6 Å². The maximum atomic E-state index is 12.6. The van der Waals surface area contributed by atoms with E-state index in [-0.39, 0.29) is 29.7 Å². The molecule has 0 aromatic heterocycles. The van der Waals surface area contributed by atoms with Crippen LogP contribution in [0.5, 0.6) is 0 Å². The van der Waals surface area contributed by atoms with Crippen molar-refractivity contribution in [1.82, 2.24) is 9.80 Å². The molecule has 6 heteroatoms. The Hall–Kier alpha value is -2.37. The van der Waals surface area contributed by atoms with Crippen LogP contribution < -0.4 is 0 Å². The molecule has 1 heterocycles. The lowest BCUT2D eigenvalue weighted by Gasteiger charge is -2.34. The van der Waals surface area contributed by atoms with Crippen molar-refractivity contribution in [2.24, 2.45) is 11.3 Å². The molecule has 1 saturated carbocycles. The van der Waals surface area contributed by atoms with E-state index >= 15 is 0 Å². The van der Waals surface area contributed by atoms with Crippen LogP contribution in [0.4, 0.5) is 0 Å². The van der Waals surface area contributed by atoms with Gasteiger partial charge in [-0.05, 0) is 36.7 Å². The lowest BCUT2D eigenvalue weighted by atomic mass is 9.91. The SMILES string of the molecule is CC(=O)N(CCc1ccccc1)CC(=O)N1CCC2(CC1)CC2C(=O)O. The molecule has 1 atom stereocenters. The van der Waals surface area contributed by atoms with Crippen LogP contribution in [0.25, 0.3) is 0 Å². The molecule has 1 spiro atoms. The second-order valence-electron chi connectivity index (χ2n) is 7.51. The molecule has 0 radical (unpaired) electrons. The van der Waals surface area contributed by atoms with Crippen molar-refractivity contribution < 1.29 is 19.5 Å². The van der Waals surface area contributed by atoms with Gasteiger partial charge in [0.25, 0.3) is 0 Å². The zero-order chi connectivity index (χ0) is 18.7. The molecule has 140 valence electrons. The van der Waals surface area contributed by atoms with Crippen molar-refractivity contribution in [3.05, 3.63) is 35.9 Å². The number of carboxylic acid groups (broad SMARTS) is 1. The molecule has 0 bridgehead atoms. The molecule has 2 fully saturated rings. The Labute approximate surface area is 153 Å². The first-order chi connectivity index (χ1) is 12.4. The van der Waals surface area contributed by atoms with E-state index in [2.05, 4.69) is 0 Å². The minimum Gasteiger partial charge on any atom is -0.481 e. The van der Waals surface area contributed by atoms with Crippen LogP contribution in [0.1, 0.15) is 31.7 Å². The molecule has 1 aliphatic carbocycles. The van der Waals surface area contributed by atoms with Gasteiger partial charge in [-0.15, -0.1) is 0 Å². The van der Waals surface area contributed by atoms with Gasteiger partial charge in [-0.1, -0.05) is 30.3 Å². The number of hydrogen-bond donors (Lipinski definition) is 1.